The molecule has 0 aromatic carbocycles. The average molecular weight is 369 g/mol. The summed E-state index contributed by atoms with van der Waals surface area (Å²) in [4.78, 5) is 41.8. The summed E-state index contributed by atoms with van der Waals surface area (Å²) < 4.78 is 10.7. The number of carbonyl (C=O) groups is 3. The molecule has 1 atom stereocenters. The molecule has 8 heteroatoms. The van der Waals surface area contributed by atoms with Crippen LogP contribution in [0.25, 0.3) is 0 Å². The highest BCUT2D eigenvalue weighted by Crippen LogP contribution is 2.22. The van der Waals surface area contributed by atoms with E-state index in [1.165, 1.54) is 4.90 Å². The van der Waals surface area contributed by atoms with Crippen molar-refractivity contribution in [2.45, 2.75) is 65.2 Å². The first-order valence-corrected chi connectivity index (χ1v) is 9.14. The normalized spacial score (nSPS) is 22.5. The van der Waals surface area contributed by atoms with E-state index in [1.54, 1.807) is 25.7 Å². The van der Waals surface area contributed by atoms with Crippen molar-refractivity contribution < 1.29 is 23.9 Å². The molecule has 148 valence electrons. The highest BCUT2D eigenvalue weighted by atomic mass is 16.6. The summed E-state index contributed by atoms with van der Waals surface area (Å²) in [6.07, 6.45) is -0.326. The molecular formula is C18H31N3O5. The number of rotatable bonds is 1. The first-order valence-electron chi connectivity index (χ1n) is 9.14. The van der Waals surface area contributed by atoms with E-state index in [2.05, 4.69) is 0 Å². The van der Waals surface area contributed by atoms with Crippen LogP contribution in [0.15, 0.2) is 0 Å². The Labute approximate surface area is 155 Å². The summed E-state index contributed by atoms with van der Waals surface area (Å²) in [7, 11) is 0. The molecule has 0 N–H and O–H groups in total. The second-order valence-corrected chi connectivity index (χ2v) is 8.78. The van der Waals surface area contributed by atoms with Gasteiger partial charge in [0.15, 0.2) is 0 Å². The molecule has 0 spiro atoms. The molecule has 8 nitrogen and oxygen atoms in total. The summed E-state index contributed by atoms with van der Waals surface area (Å²) >= 11 is 0. The Bertz CT molecular complexity index is 556. The fourth-order valence-electron chi connectivity index (χ4n) is 3.04. The number of nitrogens with zero attached hydrogens (tertiary/aromatic N) is 3. The summed E-state index contributed by atoms with van der Waals surface area (Å²) in [5.74, 6) is -0.218. The van der Waals surface area contributed by atoms with E-state index in [0.29, 0.717) is 39.1 Å². The van der Waals surface area contributed by atoms with Crippen molar-refractivity contribution in [2.24, 2.45) is 0 Å². The molecule has 0 aromatic heterocycles. The maximum atomic E-state index is 12.6. The minimum Gasteiger partial charge on any atom is -0.444 e. The predicted molar refractivity (Wildman–Crippen MR) is 95.7 cm³/mol. The molecule has 0 aliphatic carbocycles. The van der Waals surface area contributed by atoms with Crippen LogP contribution in [0.3, 0.4) is 0 Å². The van der Waals surface area contributed by atoms with Gasteiger partial charge >= 0.3 is 12.2 Å². The van der Waals surface area contributed by atoms with Crippen LogP contribution in [0, 0.1) is 0 Å². The molecule has 2 saturated heterocycles. The fourth-order valence-corrected chi connectivity index (χ4v) is 3.04. The molecule has 3 amide bonds. The van der Waals surface area contributed by atoms with Gasteiger partial charge in [0.05, 0.1) is 6.04 Å². The Hall–Kier alpha value is -1.83. The lowest BCUT2D eigenvalue weighted by Gasteiger charge is -2.37. The highest BCUT2D eigenvalue weighted by Gasteiger charge is 2.42. The molecule has 2 aliphatic heterocycles. The van der Waals surface area contributed by atoms with Crippen LogP contribution < -0.4 is 0 Å². The number of hydrogen-bond donors (Lipinski definition) is 0. The van der Waals surface area contributed by atoms with Gasteiger partial charge in [0.25, 0.3) is 0 Å². The number of imide groups is 1. The van der Waals surface area contributed by atoms with Crippen LogP contribution in [-0.2, 0) is 14.3 Å². The van der Waals surface area contributed by atoms with Crippen LogP contribution in [0.1, 0.15) is 48.0 Å². The van der Waals surface area contributed by atoms with Crippen molar-refractivity contribution in [1.82, 2.24) is 14.7 Å². The Morgan fingerprint density at radius 3 is 1.85 bits per heavy atom. The lowest BCUT2D eigenvalue weighted by atomic mass is 10.2. The third kappa shape index (κ3) is 5.33. The molecular weight excluding hydrogens is 338 g/mol. The van der Waals surface area contributed by atoms with Crippen LogP contribution in [-0.4, -0.2) is 82.8 Å². The molecule has 0 aromatic rings. The van der Waals surface area contributed by atoms with Crippen LogP contribution >= 0.6 is 0 Å². The first kappa shape index (κ1) is 20.5. The van der Waals surface area contributed by atoms with Gasteiger partial charge in [0.1, 0.15) is 11.2 Å². The molecule has 0 saturated carbocycles. The zero-order chi connectivity index (χ0) is 19.7. The van der Waals surface area contributed by atoms with E-state index in [4.69, 9.17) is 9.47 Å². The third-order valence-electron chi connectivity index (χ3n) is 4.20. The minimum atomic E-state index is -0.630. The lowest BCUT2D eigenvalue weighted by Crippen LogP contribution is -2.54. The van der Waals surface area contributed by atoms with Gasteiger partial charge in [0, 0.05) is 32.7 Å². The van der Waals surface area contributed by atoms with Crippen molar-refractivity contribution in [2.75, 3.05) is 32.7 Å². The topological polar surface area (TPSA) is 79.4 Å². The number of hydrogen-bond acceptors (Lipinski definition) is 6. The van der Waals surface area contributed by atoms with Gasteiger partial charge in [-0.3, -0.25) is 9.69 Å². The second kappa shape index (κ2) is 7.42. The Balaban J connectivity index is 1.87. The van der Waals surface area contributed by atoms with Crippen LogP contribution in [0.4, 0.5) is 9.59 Å². The van der Waals surface area contributed by atoms with Gasteiger partial charge in [-0.25, -0.2) is 14.5 Å². The first-order chi connectivity index (χ1) is 11.9. The standard InChI is InChI=1S/C18H31N3O5/c1-17(2,3)25-15(23)20-11-9-19(10-12-20)13-7-8-21(14(13)22)16(24)26-18(4,5)6/h13H,7-12H2,1-6H3. The van der Waals surface area contributed by atoms with E-state index in [-0.39, 0.29) is 18.0 Å². The van der Waals surface area contributed by atoms with Crippen molar-refractivity contribution in [1.29, 1.82) is 0 Å². The van der Waals surface area contributed by atoms with Gasteiger partial charge in [-0.15, -0.1) is 0 Å². The summed E-state index contributed by atoms with van der Waals surface area (Å²) in [6.45, 7) is 13.4. The molecule has 26 heavy (non-hydrogen) atoms. The highest BCUT2D eigenvalue weighted by molar-refractivity contribution is 5.96. The molecule has 2 aliphatic rings. The van der Waals surface area contributed by atoms with Gasteiger partial charge < -0.3 is 14.4 Å². The number of piperazine rings is 1. The molecule has 2 heterocycles. The predicted octanol–water partition coefficient (Wildman–Crippen LogP) is 2.08. The van der Waals surface area contributed by atoms with E-state index >= 15 is 0 Å². The average Bonchev–Trinajstić information content (AvgIpc) is 2.85. The molecule has 0 bridgehead atoms. The summed E-state index contributed by atoms with van der Waals surface area (Å²) in [5, 5.41) is 0. The van der Waals surface area contributed by atoms with Gasteiger partial charge in [0.2, 0.25) is 5.91 Å². The molecule has 0 radical (unpaired) electrons. The monoisotopic (exact) mass is 369 g/mol. The largest absolute Gasteiger partial charge is 0.444 e. The zero-order valence-electron chi connectivity index (χ0n) is 16.7. The Kier molecular flexibility index (Phi) is 5.85. The summed E-state index contributed by atoms with van der Waals surface area (Å²) in [6, 6.07) is -0.330. The van der Waals surface area contributed by atoms with Gasteiger partial charge in [-0.1, -0.05) is 0 Å². The van der Waals surface area contributed by atoms with E-state index in [0.717, 1.165) is 0 Å². The minimum absolute atomic E-state index is 0.218. The van der Waals surface area contributed by atoms with Crippen molar-refractivity contribution in [3.63, 3.8) is 0 Å². The van der Waals surface area contributed by atoms with Crippen molar-refractivity contribution in [3.8, 4) is 0 Å². The Morgan fingerprint density at radius 2 is 1.35 bits per heavy atom. The van der Waals surface area contributed by atoms with Crippen LogP contribution in [0.2, 0.25) is 0 Å². The summed E-state index contributed by atoms with van der Waals surface area (Å²) in [5.41, 5.74) is -1.15. The fraction of sp³-hybridized carbons (Fsp3) is 0.833. The molecule has 2 rings (SSSR count). The van der Waals surface area contributed by atoms with E-state index in [9.17, 15) is 14.4 Å². The van der Waals surface area contributed by atoms with Gasteiger partial charge in [-0.05, 0) is 48.0 Å². The van der Waals surface area contributed by atoms with Gasteiger partial charge in [-0.2, -0.15) is 0 Å². The van der Waals surface area contributed by atoms with Crippen molar-refractivity contribution in [3.05, 3.63) is 0 Å². The molecule has 1 unspecified atom stereocenters. The maximum Gasteiger partial charge on any atom is 0.417 e. The third-order valence-corrected chi connectivity index (χ3v) is 4.20. The van der Waals surface area contributed by atoms with Crippen molar-refractivity contribution >= 4 is 18.1 Å². The van der Waals surface area contributed by atoms with Crippen LogP contribution in [0.5, 0.6) is 0 Å². The molecule has 2 fully saturated rings. The quantitative estimate of drug-likeness (QED) is 0.704. The SMILES string of the molecule is CC(C)(C)OC(=O)N1CCN(C2CCN(C(=O)OC(C)(C)C)C2=O)CC1. The smallest absolute Gasteiger partial charge is 0.417 e. The number of amides is 3. The number of ether oxygens (including phenoxy) is 2. The van der Waals surface area contributed by atoms with E-state index in [1.807, 2.05) is 25.7 Å². The number of carbonyl (C=O) groups excluding carboxylic acids is 3. The Morgan fingerprint density at radius 1 is 0.846 bits per heavy atom. The lowest BCUT2D eigenvalue weighted by molar-refractivity contribution is -0.131. The van der Waals surface area contributed by atoms with E-state index < -0.39 is 17.3 Å². The zero-order valence-corrected chi connectivity index (χ0v) is 16.7. The maximum absolute atomic E-state index is 12.6. The second-order valence-electron chi connectivity index (χ2n) is 8.78. The number of likely N-dealkylation sites (tertiary alicyclic amines) is 1.